The number of hydrogen-bond donors (Lipinski definition) is 4. The minimum atomic E-state index is -1.74. The average molecular weight is 267 g/mol. The Bertz CT molecular complexity index is 541. The first kappa shape index (κ1) is 14.4. The molecule has 100 valence electrons. The second-order valence-corrected chi connectivity index (χ2v) is 3.50. The summed E-state index contributed by atoms with van der Waals surface area (Å²) in [4.78, 5) is 21.6. The van der Waals surface area contributed by atoms with Crippen molar-refractivity contribution in [3.63, 3.8) is 0 Å². The number of benzene rings is 1. The van der Waals surface area contributed by atoms with E-state index in [1.165, 1.54) is 12.1 Å². The number of halogens is 1. The molecular formula is C11H10FN3O4. The van der Waals surface area contributed by atoms with Crippen molar-refractivity contribution in [2.24, 2.45) is 0 Å². The summed E-state index contributed by atoms with van der Waals surface area (Å²) >= 11 is 0. The van der Waals surface area contributed by atoms with E-state index in [0.29, 0.717) is 0 Å². The molecule has 0 aromatic heterocycles. The van der Waals surface area contributed by atoms with Gasteiger partial charge in [-0.2, -0.15) is 5.26 Å². The fourth-order valence-electron chi connectivity index (χ4n) is 1.13. The van der Waals surface area contributed by atoms with Gasteiger partial charge in [0, 0.05) is 0 Å². The molecular weight excluding hydrogens is 257 g/mol. The van der Waals surface area contributed by atoms with Crippen LogP contribution in [0.15, 0.2) is 18.2 Å². The lowest BCUT2D eigenvalue weighted by Crippen LogP contribution is -2.38. The number of hydrogen-bond acceptors (Lipinski definition) is 4. The highest BCUT2D eigenvalue weighted by atomic mass is 19.1. The van der Waals surface area contributed by atoms with E-state index in [2.05, 4.69) is 10.6 Å². The molecule has 0 aliphatic carbocycles. The number of rotatable bonds is 4. The SMILES string of the molecule is N#Cc1ccc(NC(=O)NC[C@H](O)C(=O)O)c(F)c1. The number of aliphatic carboxylic acids is 1. The number of anilines is 1. The highest BCUT2D eigenvalue weighted by Crippen LogP contribution is 2.14. The summed E-state index contributed by atoms with van der Waals surface area (Å²) in [5, 5.41) is 30.0. The van der Waals surface area contributed by atoms with Crippen molar-refractivity contribution in [3.05, 3.63) is 29.6 Å². The van der Waals surface area contributed by atoms with Crippen molar-refractivity contribution in [2.45, 2.75) is 6.10 Å². The lowest BCUT2D eigenvalue weighted by atomic mass is 10.2. The number of nitriles is 1. The Morgan fingerprint density at radius 2 is 2.16 bits per heavy atom. The lowest BCUT2D eigenvalue weighted by molar-refractivity contribution is -0.146. The number of urea groups is 1. The van der Waals surface area contributed by atoms with Gasteiger partial charge in [0.25, 0.3) is 0 Å². The van der Waals surface area contributed by atoms with E-state index in [0.717, 1.165) is 6.07 Å². The van der Waals surface area contributed by atoms with Gasteiger partial charge in [-0.1, -0.05) is 0 Å². The summed E-state index contributed by atoms with van der Waals surface area (Å²) < 4.78 is 13.4. The highest BCUT2D eigenvalue weighted by Gasteiger charge is 2.14. The molecule has 0 bridgehead atoms. The molecule has 19 heavy (non-hydrogen) atoms. The van der Waals surface area contributed by atoms with Crippen LogP contribution in [0.25, 0.3) is 0 Å². The zero-order chi connectivity index (χ0) is 14.4. The average Bonchev–Trinajstić information content (AvgIpc) is 2.38. The first-order chi connectivity index (χ1) is 8.93. The number of nitrogens with zero attached hydrogens (tertiary/aromatic N) is 1. The summed E-state index contributed by atoms with van der Waals surface area (Å²) in [6.07, 6.45) is -1.74. The molecule has 0 aliphatic heterocycles. The fraction of sp³-hybridized carbons (Fsp3) is 0.182. The summed E-state index contributed by atoms with van der Waals surface area (Å²) in [7, 11) is 0. The topological polar surface area (TPSA) is 122 Å². The van der Waals surface area contributed by atoms with Crippen LogP contribution in [-0.4, -0.2) is 34.9 Å². The summed E-state index contributed by atoms with van der Waals surface area (Å²) in [5.74, 6) is -2.28. The quantitative estimate of drug-likeness (QED) is 0.623. The van der Waals surface area contributed by atoms with Crippen LogP contribution in [0.3, 0.4) is 0 Å². The van der Waals surface area contributed by atoms with Crippen LogP contribution in [0.5, 0.6) is 0 Å². The minimum Gasteiger partial charge on any atom is -0.479 e. The number of aliphatic hydroxyl groups excluding tert-OH is 1. The van der Waals surface area contributed by atoms with E-state index >= 15 is 0 Å². The molecule has 0 saturated carbocycles. The number of carbonyl (C=O) groups is 2. The Morgan fingerprint density at radius 1 is 1.47 bits per heavy atom. The molecule has 2 amide bonds. The van der Waals surface area contributed by atoms with E-state index in [-0.39, 0.29) is 11.3 Å². The van der Waals surface area contributed by atoms with Gasteiger partial charge in [0.2, 0.25) is 0 Å². The van der Waals surface area contributed by atoms with Crippen LogP contribution >= 0.6 is 0 Å². The van der Waals surface area contributed by atoms with Crippen LogP contribution in [-0.2, 0) is 4.79 Å². The summed E-state index contributed by atoms with van der Waals surface area (Å²) in [6.45, 7) is -0.515. The molecule has 0 radical (unpaired) electrons. The van der Waals surface area contributed by atoms with Gasteiger partial charge in [-0.25, -0.2) is 14.0 Å². The third-order valence-corrected chi connectivity index (χ3v) is 2.09. The van der Waals surface area contributed by atoms with Crippen LogP contribution in [0, 0.1) is 17.1 Å². The van der Waals surface area contributed by atoms with Crippen molar-refractivity contribution in [1.82, 2.24) is 5.32 Å². The van der Waals surface area contributed by atoms with E-state index in [1.807, 2.05) is 0 Å². The highest BCUT2D eigenvalue weighted by molar-refractivity contribution is 5.89. The molecule has 8 heteroatoms. The molecule has 1 aromatic rings. The Balaban J connectivity index is 2.58. The summed E-state index contributed by atoms with van der Waals surface area (Å²) in [6, 6.07) is 4.31. The van der Waals surface area contributed by atoms with E-state index < -0.39 is 30.5 Å². The van der Waals surface area contributed by atoms with E-state index in [4.69, 9.17) is 15.5 Å². The van der Waals surface area contributed by atoms with Crippen molar-refractivity contribution in [3.8, 4) is 6.07 Å². The van der Waals surface area contributed by atoms with Gasteiger partial charge in [-0.3, -0.25) is 0 Å². The Hall–Kier alpha value is -2.66. The number of carboxylic acid groups (broad SMARTS) is 1. The van der Waals surface area contributed by atoms with Gasteiger partial charge in [0.15, 0.2) is 6.10 Å². The van der Waals surface area contributed by atoms with Crippen LogP contribution in [0.4, 0.5) is 14.9 Å². The first-order valence-corrected chi connectivity index (χ1v) is 5.09. The fourth-order valence-corrected chi connectivity index (χ4v) is 1.13. The van der Waals surface area contributed by atoms with Gasteiger partial charge in [0.1, 0.15) is 5.82 Å². The smallest absolute Gasteiger partial charge is 0.334 e. The molecule has 4 N–H and O–H groups in total. The Kier molecular flexibility index (Phi) is 4.79. The molecule has 1 atom stereocenters. The Labute approximate surface area is 107 Å². The van der Waals surface area contributed by atoms with Crippen LogP contribution in [0.1, 0.15) is 5.56 Å². The molecule has 0 fully saturated rings. The first-order valence-electron chi connectivity index (χ1n) is 5.09. The number of amides is 2. The Morgan fingerprint density at radius 3 is 2.68 bits per heavy atom. The number of carbonyl (C=O) groups excluding carboxylic acids is 1. The van der Waals surface area contributed by atoms with E-state index in [1.54, 1.807) is 6.07 Å². The van der Waals surface area contributed by atoms with Gasteiger partial charge in [0.05, 0.1) is 23.9 Å². The zero-order valence-corrected chi connectivity index (χ0v) is 9.55. The van der Waals surface area contributed by atoms with Crippen molar-refractivity contribution >= 4 is 17.7 Å². The maximum atomic E-state index is 13.4. The van der Waals surface area contributed by atoms with Gasteiger partial charge < -0.3 is 20.8 Å². The molecule has 7 nitrogen and oxygen atoms in total. The second kappa shape index (κ2) is 6.32. The number of nitrogens with one attached hydrogen (secondary N) is 2. The zero-order valence-electron chi connectivity index (χ0n) is 9.55. The molecule has 0 aliphatic rings. The third-order valence-electron chi connectivity index (χ3n) is 2.09. The van der Waals surface area contributed by atoms with Crippen LogP contribution < -0.4 is 10.6 Å². The molecule has 1 rings (SSSR count). The maximum absolute atomic E-state index is 13.4. The molecule has 1 aromatic carbocycles. The maximum Gasteiger partial charge on any atom is 0.334 e. The normalized spacial score (nSPS) is 11.2. The molecule has 0 heterocycles. The number of aliphatic hydroxyl groups is 1. The second-order valence-electron chi connectivity index (χ2n) is 3.50. The van der Waals surface area contributed by atoms with Crippen molar-refractivity contribution in [2.75, 3.05) is 11.9 Å². The largest absolute Gasteiger partial charge is 0.479 e. The van der Waals surface area contributed by atoms with Crippen molar-refractivity contribution < 1.29 is 24.2 Å². The molecule has 0 unspecified atom stereocenters. The molecule has 0 spiro atoms. The number of carboxylic acids is 1. The lowest BCUT2D eigenvalue weighted by Gasteiger charge is -2.10. The van der Waals surface area contributed by atoms with E-state index in [9.17, 15) is 14.0 Å². The van der Waals surface area contributed by atoms with Crippen molar-refractivity contribution in [1.29, 1.82) is 5.26 Å². The minimum absolute atomic E-state index is 0.102. The standard InChI is InChI=1S/C11H10FN3O4/c12-7-3-6(4-13)1-2-8(7)15-11(19)14-5-9(16)10(17)18/h1-3,9,16H,5H2,(H,17,18)(H2,14,15,19)/t9-/m0/s1. The predicted molar refractivity (Wildman–Crippen MR) is 61.8 cm³/mol. The predicted octanol–water partition coefficient (Wildman–Crippen LogP) is 0.264. The monoisotopic (exact) mass is 267 g/mol. The third kappa shape index (κ3) is 4.25. The van der Waals surface area contributed by atoms with Gasteiger partial charge in [-0.05, 0) is 18.2 Å². The molecule has 0 saturated heterocycles. The van der Waals surface area contributed by atoms with Crippen LogP contribution in [0.2, 0.25) is 0 Å². The van der Waals surface area contributed by atoms with Gasteiger partial charge >= 0.3 is 12.0 Å². The summed E-state index contributed by atoms with van der Waals surface area (Å²) in [5.41, 5.74) is -0.0638. The van der Waals surface area contributed by atoms with Gasteiger partial charge in [-0.15, -0.1) is 0 Å².